The second-order valence-electron chi connectivity index (χ2n) is 7.50. The highest BCUT2D eigenvalue weighted by Crippen LogP contribution is 2.26. The first-order valence-corrected chi connectivity index (χ1v) is 12.7. The summed E-state index contributed by atoms with van der Waals surface area (Å²) in [5.41, 5.74) is 3.17. The van der Waals surface area contributed by atoms with Gasteiger partial charge in [-0.3, -0.25) is 4.79 Å². The number of methoxy groups -OCH3 is 1. The number of anilines is 2. The smallest absolute Gasteiger partial charge is 0.241 e. The van der Waals surface area contributed by atoms with Gasteiger partial charge >= 0.3 is 0 Å². The van der Waals surface area contributed by atoms with Gasteiger partial charge in [-0.15, -0.1) is 0 Å². The van der Waals surface area contributed by atoms with E-state index >= 15 is 0 Å². The van der Waals surface area contributed by atoms with Crippen molar-refractivity contribution in [2.24, 2.45) is 0 Å². The Morgan fingerprint density at radius 1 is 1.03 bits per heavy atom. The zero-order valence-electron chi connectivity index (χ0n) is 18.6. The van der Waals surface area contributed by atoms with Gasteiger partial charge in [0.25, 0.3) is 0 Å². The monoisotopic (exact) mass is 493 g/mol. The summed E-state index contributed by atoms with van der Waals surface area (Å²) in [6.45, 7) is 2.05. The van der Waals surface area contributed by atoms with Crippen LogP contribution < -0.4 is 14.8 Å². The number of rotatable bonds is 9. The minimum Gasteiger partial charge on any atom is -0.497 e. The van der Waals surface area contributed by atoms with Gasteiger partial charge in [-0.2, -0.15) is 0 Å². The van der Waals surface area contributed by atoms with Crippen molar-refractivity contribution in [3.63, 3.8) is 0 Å². The SMILES string of the molecule is COc1cccc(S(=O)(=O)NCc2ccc(Nc3ncc(C(=O)c4ccccc4C)s3)cc2)c1. The van der Waals surface area contributed by atoms with Gasteiger partial charge in [0.05, 0.1) is 23.1 Å². The number of carbonyl (C=O) groups is 1. The third-order valence-corrected chi connectivity index (χ3v) is 7.45. The maximum absolute atomic E-state index is 12.7. The van der Waals surface area contributed by atoms with Crippen LogP contribution in [0.3, 0.4) is 0 Å². The number of nitrogens with one attached hydrogen (secondary N) is 2. The quantitative estimate of drug-likeness (QED) is 0.322. The Kier molecular flexibility index (Phi) is 7.06. The van der Waals surface area contributed by atoms with Crippen molar-refractivity contribution in [1.29, 1.82) is 0 Å². The molecule has 0 saturated carbocycles. The standard InChI is InChI=1S/C25H23N3O4S2/c1-17-6-3-4-9-22(17)24(29)23-16-26-25(33-23)28-19-12-10-18(11-13-19)15-27-34(30,31)21-8-5-7-20(14-21)32-2/h3-14,16,27H,15H2,1-2H3,(H,26,28). The van der Waals surface area contributed by atoms with Crippen molar-refractivity contribution in [1.82, 2.24) is 9.71 Å². The molecule has 0 atom stereocenters. The van der Waals surface area contributed by atoms with Gasteiger partial charge < -0.3 is 10.1 Å². The normalized spacial score (nSPS) is 11.2. The summed E-state index contributed by atoms with van der Waals surface area (Å²) in [5.74, 6) is 0.423. The fourth-order valence-electron chi connectivity index (χ4n) is 3.26. The Morgan fingerprint density at radius 2 is 1.79 bits per heavy atom. The first kappa shape index (κ1) is 23.6. The van der Waals surface area contributed by atoms with E-state index in [0.29, 0.717) is 21.3 Å². The number of benzene rings is 3. The average Bonchev–Trinajstić information content (AvgIpc) is 3.32. The Balaban J connectivity index is 1.38. The summed E-state index contributed by atoms with van der Waals surface area (Å²) in [5, 5.41) is 3.79. The summed E-state index contributed by atoms with van der Waals surface area (Å²) in [6.07, 6.45) is 1.57. The molecule has 4 rings (SSSR count). The van der Waals surface area contributed by atoms with Crippen LogP contribution in [0.25, 0.3) is 0 Å². The minimum atomic E-state index is -3.67. The van der Waals surface area contributed by atoms with E-state index in [4.69, 9.17) is 4.74 Å². The molecule has 1 heterocycles. The predicted octanol–water partition coefficient (Wildman–Crippen LogP) is 4.91. The van der Waals surface area contributed by atoms with Gasteiger partial charge in [-0.1, -0.05) is 53.8 Å². The number of aromatic nitrogens is 1. The lowest BCUT2D eigenvalue weighted by atomic mass is 10.0. The minimum absolute atomic E-state index is 0.0534. The van der Waals surface area contributed by atoms with Crippen LogP contribution in [-0.4, -0.2) is 26.3 Å². The van der Waals surface area contributed by atoms with Gasteiger partial charge in [0.1, 0.15) is 5.75 Å². The molecule has 0 aliphatic rings. The van der Waals surface area contributed by atoms with Crippen molar-refractivity contribution in [3.8, 4) is 5.75 Å². The van der Waals surface area contributed by atoms with Crippen LogP contribution in [-0.2, 0) is 16.6 Å². The molecule has 34 heavy (non-hydrogen) atoms. The van der Waals surface area contributed by atoms with Gasteiger partial charge in [-0.05, 0) is 42.3 Å². The van der Waals surface area contributed by atoms with Gasteiger partial charge in [0.2, 0.25) is 15.8 Å². The molecule has 1 aromatic heterocycles. The van der Waals surface area contributed by atoms with Crippen LogP contribution in [0.15, 0.2) is 83.9 Å². The van der Waals surface area contributed by atoms with E-state index in [-0.39, 0.29) is 17.2 Å². The molecule has 0 aliphatic carbocycles. The number of hydrogen-bond acceptors (Lipinski definition) is 7. The lowest BCUT2D eigenvalue weighted by Gasteiger charge is -2.09. The van der Waals surface area contributed by atoms with E-state index in [1.54, 1.807) is 18.3 Å². The zero-order chi connectivity index (χ0) is 24.1. The molecule has 0 saturated heterocycles. The molecule has 9 heteroatoms. The van der Waals surface area contributed by atoms with E-state index < -0.39 is 10.0 Å². The van der Waals surface area contributed by atoms with E-state index in [1.165, 1.54) is 30.6 Å². The van der Waals surface area contributed by atoms with Crippen molar-refractivity contribution >= 4 is 38.0 Å². The second kappa shape index (κ2) is 10.2. The number of sulfonamides is 1. The Morgan fingerprint density at radius 3 is 2.53 bits per heavy atom. The van der Waals surface area contributed by atoms with E-state index in [2.05, 4.69) is 15.0 Å². The van der Waals surface area contributed by atoms with Crippen LogP contribution in [0.2, 0.25) is 0 Å². The molecule has 0 aliphatic heterocycles. The summed E-state index contributed by atoms with van der Waals surface area (Å²) >= 11 is 1.28. The third kappa shape index (κ3) is 5.51. The topological polar surface area (TPSA) is 97.4 Å². The van der Waals surface area contributed by atoms with Gasteiger partial charge in [0, 0.05) is 23.9 Å². The number of ketones is 1. The molecule has 0 radical (unpaired) electrons. The molecule has 3 aromatic carbocycles. The number of nitrogens with zero attached hydrogens (tertiary/aromatic N) is 1. The Labute approximate surface area is 202 Å². The number of hydrogen-bond donors (Lipinski definition) is 2. The molecule has 0 bridgehead atoms. The van der Waals surface area contributed by atoms with Crippen LogP contribution in [0.5, 0.6) is 5.75 Å². The predicted molar refractivity (Wildman–Crippen MR) is 133 cm³/mol. The highest BCUT2D eigenvalue weighted by molar-refractivity contribution is 7.89. The highest BCUT2D eigenvalue weighted by atomic mass is 32.2. The lowest BCUT2D eigenvalue weighted by molar-refractivity contribution is 0.104. The lowest BCUT2D eigenvalue weighted by Crippen LogP contribution is -2.23. The fraction of sp³-hybridized carbons (Fsp3) is 0.120. The summed E-state index contributed by atoms with van der Waals surface area (Å²) in [6, 6.07) is 21.1. The molecule has 7 nitrogen and oxygen atoms in total. The molecule has 4 aromatic rings. The molecule has 0 amide bonds. The summed E-state index contributed by atoms with van der Waals surface area (Å²) in [7, 11) is -2.18. The number of carbonyl (C=O) groups excluding carboxylic acids is 1. The van der Waals surface area contributed by atoms with Crippen molar-refractivity contribution < 1.29 is 17.9 Å². The first-order valence-electron chi connectivity index (χ1n) is 10.4. The first-order chi connectivity index (χ1) is 16.4. The van der Waals surface area contributed by atoms with E-state index in [0.717, 1.165) is 16.8 Å². The van der Waals surface area contributed by atoms with Crippen LogP contribution in [0.4, 0.5) is 10.8 Å². The van der Waals surface area contributed by atoms with E-state index in [9.17, 15) is 13.2 Å². The summed E-state index contributed by atoms with van der Waals surface area (Å²) in [4.78, 5) is 17.8. The molecular formula is C25H23N3O4S2. The average molecular weight is 494 g/mol. The van der Waals surface area contributed by atoms with Crippen molar-refractivity contribution in [3.05, 3.63) is 101 Å². The summed E-state index contributed by atoms with van der Waals surface area (Å²) < 4.78 is 32.8. The molecule has 2 N–H and O–H groups in total. The molecule has 0 unspecified atom stereocenters. The maximum Gasteiger partial charge on any atom is 0.241 e. The molecule has 174 valence electrons. The van der Waals surface area contributed by atoms with E-state index in [1.807, 2.05) is 55.5 Å². The van der Waals surface area contributed by atoms with Crippen molar-refractivity contribution in [2.45, 2.75) is 18.4 Å². The third-order valence-electron chi connectivity index (χ3n) is 5.14. The Hall–Kier alpha value is -3.53. The number of thiazole rings is 1. The fourth-order valence-corrected chi connectivity index (χ4v) is 5.10. The van der Waals surface area contributed by atoms with Crippen molar-refractivity contribution in [2.75, 3.05) is 12.4 Å². The zero-order valence-corrected chi connectivity index (χ0v) is 20.2. The highest BCUT2D eigenvalue weighted by Gasteiger charge is 2.16. The van der Waals surface area contributed by atoms with Crippen LogP contribution in [0, 0.1) is 6.92 Å². The van der Waals surface area contributed by atoms with Gasteiger partial charge in [0.15, 0.2) is 5.13 Å². The largest absolute Gasteiger partial charge is 0.497 e. The molecule has 0 fully saturated rings. The Bertz CT molecular complexity index is 1410. The van der Waals surface area contributed by atoms with Gasteiger partial charge in [-0.25, -0.2) is 18.1 Å². The second-order valence-corrected chi connectivity index (χ2v) is 10.3. The molecule has 0 spiro atoms. The van der Waals surface area contributed by atoms with Crippen LogP contribution in [0.1, 0.15) is 26.4 Å². The number of aryl methyl sites for hydroxylation is 1. The van der Waals surface area contributed by atoms with Crippen LogP contribution >= 0.6 is 11.3 Å². The molecular weight excluding hydrogens is 470 g/mol. The maximum atomic E-state index is 12.7. The number of ether oxygens (including phenoxy) is 1.